The van der Waals surface area contributed by atoms with Gasteiger partial charge < -0.3 is 9.47 Å². The van der Waals surface area contributed by atoms with E-state index in [0.29, 0.717) is 17.7 Å². The minimum absolute atomic E-state index is 0.516. The molecule has 19 rings (SSSR count). The fourth-order valence-electron chi connectivity index (χ4n) is 15.1. The first kappa shape index (κ1) is 46.2. The Hall–Kier alpha value is -11.4. The van der Waals surface area contributed by atoms with Crippen molar-refractivity contribution >= 4 is 104 Å². The van der Waals surface area contributed by atoms with Crippen LogP contribution in [-0.4, -0.2) is 28.7 Å². The number of rotatable bonds is 5. The lowest BCUT2D eigenvalue weighted by molar-refractivity contribution is 0.737. The Morgan fingerprint density at radius 3 is 1.61 bits per heavy atom. The molecule has 0 amide bonds. The predicted octanol–water partition coefficient (Wildman–Crippen LogP) is 19.3. The van der Waals surface area contributed by atoms with Gasteiger partial charge in [0.05, 0.1) is 49.9 Å². The smallest absolute Gasteiger partial charge is 0.240 e. The highest BCUT2D eigenvalue weighted by molar-refractivity contribution is 6.26. The van der Waals surface area contributed by atoms with Gasteiger partial charge in [-0.1, -0.05) is 218 Å². The van der Waals surface area contributed by atoms with Gasteiger partial charge in [-0.2, -0.15) is 15.0 Å². The van der Waals surface area contributed by atoms with E-state index in [2.05, 4.69) is 304 Å². The number of aromatic nitrogens is 6. The van der Waals surface area contributed by atoms with Crippen LogP contribution in [0, 0.1) is 0 Å². The Labute approximate surface area is 487 Å². The zero-order chi connectivity index (χ0) is 55.5. The van der Waals surface area contributed by atoms with E-state index in [1.54, 1.807) is 0 Å². The second-order valence-corrected chi connectivity index (χ2v) is 22.6. The maximum absolute atomic E-state index is 5.85. The molecule has 5 heterocycles. The van der Waals surface area contributed by atoms with Crippen molar-refractivity contribution in [2.75, 3.05) is 4.90 Å². The Kier molecular flexibility index (Phi) is 9.42. The average molecular weight is 1080 g/mol. The molecule has 4 aromatic heterocycles. The van der Waals surface area contributed by atoms with E-state index in [1.165, 1.54) is 44.2 Å². The summed E-state index contributed by atoms with van der Waals surface area (Å²) in [5.41, 5.74) is 18.3. The zero-order valence-electron chi connectivity index (χ0n) is 45.8. The minimum Gasteiger partial charge on any atom is -0.310 e. The van der Waals surface area contributed by atoms with E-state index < -0.39 is 5.41 Å². The topological polar surface area (TPSA) is 56.7 Å². The number of fused-ring (bicyclic) bond motifs is 19. The number of benzene rings is 13. The monoisotopic (exact) mass is 1080 g/mol. The van der Waals surface area contributed by atoms with Gasteiger partial charge in [0, 0.05) is 49.3 Å². The van der Waals surface area contributed by atoms with Crippen LogP contribution < -0.4 is 4.90 Å². The van der Waals surface area contributed by atoms with Crippen LogP contribution in [0.2, 0.25) is 0 Å². The molecular weight excluding hydrogens is 1030 g/mol. The van der Waals surface area contributed by atoms with Crippen molar-refractivity contribution in [2.45, 2.75) is 5.41 Å². The highest BCUT2D eigenvalue weighted by Gasteiger charge is 2.50. The lowest BCUT2D eigenvalue weighted by Gasteiger charge is -2.49. The van der Waals surface area contributed by atoms with Gasteiger partial charge in [0.2, 0.25) is 11.9 Å². The fourth-order valence-corrected chi connectivity index (χ4v) is 15.1. The van der Waals surface area contributed by atoms with E-state index in [4.69, 9.17) is 15.0 Å². The molecule has 0 saturated carbocycles. The summed E-state index contributed by atoms with van der Waals surface area (Å²) in [4.78, 5) is 19.7. The van der Waals surface area contributed by atoms with Crippen LogP contribution >= 0.6 is 0 Å². The van der Waals surface area contributed by atoms with Gasteiger partial charge >= 0.3 is 0 Å². The van der Waals surface area contributed by atoms with E-state index in [-0.39, 0.29) is 0 Å². The normalized spacial score (nSPS) is 14.4. The molecule has 1 atom stereocenters. The van der Waals surface area contributed by atoms with Crippen molar-refractivity contribution in [3.05, 3.63) is 307 Å². The number of para-hydroxylation sites is 6. The Morgan fingerprint density at radius 1 is 0.271 bits per heavy atom. The molecule has 13 aromatic carbocycles. The van der Waals surface area contributed by atoms with Crippen LogP contribution in [0.4, 0.5) is 17.1 Å². The third-order valence-electron chi connectivity index (χ3n) is 18.5. The van der Waals surface area contributed by atoms with Crippen LogP contribution in [-0.2, 0) is 5.41 Å². The first-order valence-electron chi connectivity index (χ1n) is 29.1. The fraction of sp³-hybridized carbons (Fsp3) is 0.0128. The van der Waals surface area contributed by atoms with Crippen LogP contribution in [0.1, 0.15) is 22.3 Å². The molecule has 2 aliphatic rings. The van der Waals surface area contributed by atoms with E-state index in [1.807, 2.05) is 0 Å². The number of anilines is 3. The molecule has 0 radical (unpaired) electrons. The Bertz CT molecular complexity index is 5680. The summed E-state index contributed by atoms with van der Waals surface area (Å²) in [6, 6.07) is 104. The summed E-state index contributed by atoms with van der Waals surface area (Å²) in [6.45, 7) is 0. The molecule has 0 N–H and O–H groups in total. The summed E-state index contributed by atoms with van der Waals surface area (Å²) in [5, 5.41) is 11.4. The Morgan fingerprint density at radius 2 is 0.824 bits per heavy atom. The van der Waals surface area contributed by atoms with Crippen molar-refractivity contribution in [3.8, 4) is 40.1 Å². The molecule has 0 bridgehead atoms. The van der Waals surface area contributed by atoms with E-state index in [9.17, 15) is 0 Å². The number of hydrogen-bond donors (Lipinski definition) is 0. The Balaban J connectivity index is 0.963. The van der Waals surface area contributed by atoms with E-state index >= 15 is 0 Å². The van der Waals surface area contributed by atoms with Crippen LogP contribution in [0.3, 0.4) is 0 Å². The summed E-state index contributed by atoms with van der Waals surface area (Å²) >= 11 is 0. The third kappa shape index (κ3) is 6.20. The highest BCUT2D eigenvalue weighted by Crippen LogP contribution is 2.63. The van der Waals surface area contributed by atoms with Gasteiger partial charge in [0.25, 0.3) is 0 Å². The molecule has 0 saturated heterocycles. The molecule has 1 spiro atoms. The number of nitrogens with zero attached hydrogens (tertiary/aromatic N) is 7. The van der Waals surface area contributed by atoms with Gasteiger partial charge in [-0.05, 0) is 122 Å². The highest BCUT2D eigenvalue weighted by atomic mass is 15.3. The molecule has 1 aliphatic carbocycles. The predicted molar refractivity (Wildman–Crippen MR) is 349 cm³/mol. The van der Waals surface area contributed by atoms with Gasteiger partial charge in [-0.3, -0.25) is 9.13 Å². The van der Waals surface area contributed by atoms with E-state index in [0.717, 1.165) is 105 Å². The average Bonchev–Trinajstić information content (AvgIpc) is 1.11. The molecule has 17 aromatic rings. The SMILES string of the molecule is c1ccc(N2c3ccccc3C3(c4ccccc4-c4cccc5cccc3c45)c3cc4c5ccccc5n(-c5nc(-c6cccc7ccccc67)nc(-n6c7ccccc7c7ccc8c(c9ccccc9n8-c8ccccc8)c76)n5)c4cc32)cc1. The molecule has 1 aliphatic heterocycles. The molecule has 0 fully saturated rings. The molecular formula is C78H47N7. The molecule has 7 heteroatoms. The molecule has 394 valence electrons. The summed E-state index contributed by atoms with van der Waals surface area (Å²) in [7, 11) is 0. The summed E-state index contributed by atoms with van der Waals surface area (Å²) < 4.78 is 7.00. The van der Waals surface area contributed by atoms with Crippen LogP contribution in [0.15, 0.2) is 285 Å². The van der Waals surface area contributed by atoms with Crippen molar-refractivity contribution in [1.82, 2.24) is 28.7 Å². The van der Waals surface area contributed by atoms with Crippen molar-refractivity contribution < 1.29 is 0 Å². The largest absolute Gasteiger partial charge is 0.310 e. The van der Waals surface area contributed by atoms with Crippen LogP contribution in [0.5, 0.6) is 0 Å². The second-order valence-electron chi connectivity index (χ2n) is 22.6. The van der Waals surface area contributed by atoms with Crippen molar-refractivity contribution in [3.63, 3.8) is 0 Å². The first-order valence-corrected chi connectivity index (χ1v) is 29.1. The van der Waals surface area contributed by atoms with Gasteiger partial charge in [0.15, 0.2) is 5.82 Å². The minimum atomic E-state index is -0.716. The molecule has 1 unspecified atom stereocenters. The number of hydrogen-bond acceptors (Lipinski definition) is 4. The summed E-state index contributed by atoms with van der Waals surface area (Å²) in [6.07, 6.45) is 0. The zero-order valence-corrected chi connectivity index (χ0v) is 45.8. The van der Waals surface area contributed by atoms with Gasteiger partial charge in [0.1, 0.15) is 0 Å². The molecule has 7 nitrogen and oxygen atoms in total. The lowest BCUT2D eigenvalue weighted by atomic mass is 9.57. The van der Waals surface area contributed by atoms with Crippen molar-refractivity contribution in [1.29, 1.82) is 0 Å². The van der Waals surface area contributed by atoms with Gasteiger partial charge in [-0.25, -0.2) is 0 Å². The maximum Gasteiger partial charge on any atom is 0.240 e. The lowest BCUT2D eigenvalue weighted by Crippen LogP contribution is -2.39. The molecule has 85 heavy (non-hydrogen) atoms. The van der Waals surface area contributed by atoms with Crippen molar-refractivity contribution in [2.24, 2.45) is 0 Å². The quantitative estimate of drug-likeness (QED) is 0.172. The maximum atomic E-state index is 5.85. The summed E-state index contributed by atoms with van der Waals surface area (Å²) in [5.74, 6) is 1.62. The van der Waals surface area contributed by atoms with Gasteiger partial charge in [-0.15, -0.1) is 0 Å². The van der Waals surface area contributed by atoms with Crippen LogP contribution in [0.25, 0.3) is 127 Å². The second kappa shape index (κ2) is 17.3. The standard InChI is InChI=1S/C78H47N7/c1-3-26-50(27-4-1)82-67-42-17-12-34-59(67)73-69(82)45-44-57-54-32-10-16-41-66(54)85(74(57)73)77-80-75(58-36-19-23-48-22-7-8-30-52(48)58)79-76(81-77)84-65-40-15-11-33-55(65)60-46-64-71(47-70(60)84)83(51-28-5-2-6-29-51)68-43-18-14-38-62(68)78(64)61-37-13-9-31-53(61)56-35-20-24-49-25-21-39-63(78)72(49)56/h1-47H. The first-order chi connectivity index (χ1) is 42.2. The third-order valence-corrected chi connectivity index (χ3v) is 18.5.